The second kappa shape index (κ2) is 5.21. The number of hydrogen-bond acceptors (Lipinski definition) is 1. The summed E-state index contributed by atoms with van der Waals surface area (Å²) in [4.78, 5) is 0. The van der Waals surface area contributed by atoms with Gasteiger partial charge in [0.2, 0.25) is 0 Å². The molecule has 1 N–H and O–H groups in total. The van der Waals surface area contributed by atoms with Gasteiger partial charge in [-0.2, -0.15) is 0 Å². The van der Waals surface area contributed by atoms with Crippen LogP contribution in [-0.2, 0) is 0 Å². The van der Waals surface area contributed by atoms with Gasteiger partial charge in [0.25, 0.3) is 0 Å². The largest absolute Gasteiger partial charge is 0.384 e. The molecule has 2 aromatic carbocycles. The second-order valence-electron chi connectivity index (χ2n) is 4.50. The summed E-state index contributed by atoms with van der Waals surface area (Å²) in [6, 6.07) is 10.5. The van der Waals surface area contributed by atoms with Crippen molar-refractivity contribution in [2.75, 3.05) is 0 Å². The highest BCUT2D eigenvalue weighted by molar-refractivity contribution is 9.10. The summed E-state index contributed by atoms with van der Waals surface area (Å²) in [6.45, 7) is 3.98. The Kier molecular flexibility index (Phi) is 3.83. The molecular weight excluding hydrogens is 295 g/mol. The second-order valence-corrected chi connectivity index (χ2v) is 5.35. The van der Waals surface area contributed by atoms with Crippen molar-refractivity contribution < 1.29 is 9.50 Å². The Morgan fingerprint density at radius 1 is 1.00 bits per heavy atom. The van der Waals surface area contributed by atoms with Crippen LogP contribution in [0.25, 0.3) is 0 Å². The van der Waals surface area contributed by atoms with E-state index in [-0.39, 0.29) is 5.82 Å². The minimum absolute atomic E-state index is 0.327. The summed E-state index contributed by atoms with van der Waals surface area (Å²) in [5.41, 5.74) is 3.70. The summed E-state index contributed by atoms with van der Waals surface area (Å²) in [5, 5.41) is 10.3. The SMILES string of the molecule is Cc1cc(C)cc(C(O)c2ccc(F)c(Br)c2)c1. The molecule has 2 aromatic rings. The van der Waals surface area contributed by atoms with Crippen LogP contribution in [0, 0.1) is 19.7 Å². The van der Waals surface area contributed by atoms with Gasteiger partial charge in [-0.1, -0.05) is 35.4 Å². The van der Waals surface area contributed by atoms with Crippen LogP contribution >= 0.6 is 15.9 Å². The third-order valence-corrected chi connectivity index (χ3v) is 3.43. The van der Waals surface area contributed by atoms with Gasteiger partial charge in [-0.3, -0.25) is 0 Å². The standard InChI is InChI=1S/C15H14BrFO/c1-9-5-10(2)7-12(6-9)15(18)11-3-4-14(17)13(16)8-11/h3-8,15,18H,1-2H3. The van der Waals surface area contributed by atoms with Gasteiger partial charge < -0.3 is 5.11 Å². The highest BCUT2D eigenvalue weighted by atomic mass is 79.9. The molecule has 3 heteroatoms. The predicted octanol–water partition coefficient (Wildman–Crippen LogP) is 4.29. The van der Waals surface area contributed by atoms with Gasteiger partial charge in [-0.25, -0.2) is 4.39 Å². The molecule has 0 spiro atoms. The van der Waals surface area contributed by atoms with E-state index in [1.165, 1.54) is 6.07 Å². The third kappa shape index (κ3) is 2.79. The first kappa shape index (κ1) is 13.2. The summed E-state index contributed by atoms with van der Waals surface area (Å²) in [6.07, 6.45) is -0.736. The topological polar surface area (TPSA) is 20.2 Å². The zero-order valence-corrected chi connectivity index (χ0v) is 11.8. The average molecular weight is 309 g/mol. The predicted molar refractivity (Wildman–Crippen MR) is 74.1 cm³/mol. The monoisotopic (exact) mass is 308 g/mol. The van der Waals surface area contributed by atoms with Crippen LogP contribution in [0.1, 0.15) is 28.4 Å². The Hall–Kier alpha value is -1.19. The molecule has 0 fully saturated rings. The molecule has 0 aromatic heterocycles. The van der Waals surface area contributed by atoms with Crippen molar-refractivity contribution in [1.82, 2.24) is 0 Å². The third-order valence-electron chi connectivity index (χ3n) is 2.82. The van der Waals surface area contributed by atoms with Gasteiger partial charge in [-0.15, -0.1) is 0 Å². The molecule has 0 saturated carbocycles. The van der Waals surface area contributed by atoms with Gasteiger partial charge in [0.1, 0.15) is 11.9 Å². The van der Waals surface area contributed by atoms with E-state index in [1.807, 2.05) is 26.0 Å². The molecule has 94 valence electrons. The number of benzene rings is 2. The minimum Gasteiger partial charge on any atom is -0.384 e. The van der Waals surface area contributed by atoms with E-state index in [0.29, 0.717) is 10.0 Å². The Bertz CT molecular complexity index is 560. The molecule has 0 heterocycles. The quantitative estimate of drug-likeness (QED) is 0.877. The fraction of sp³-hybridized carbons (Fsp3) is 0.200. The molecule has 18 heavy (non-hydrogen) atoms. The van der Waals surface area contributed by atoms with Crippen LogP contribution in [-0.4, -0.2) is 5.11 Å². The fourth-order valence-corrected chi connectivity index (χ4v) is 2.44. The molecule has 1 atom stereocenters. The smallest absolute Gasteiger partial charge is 0.137 e. The summed E-state index contributed by atoms with van der Waals surface area (Å²) in [7, 11) is 0. The Morgan fingerprint density at radius 3 is 2.17 bits per heavy atom. The van der Waals surface area contributed by atoms with E-state index in [2.05, 4.69) is 22.0 Å². The Labute approximate surface area is 114 Å². The Balaban J connectivity index is 2.40. The zero-order chi connectivity index (χ0) is 13.3. The van der Waals surface area contributed by atoms with E-state index in [1.54, 1.807) is 12.1 Å². The molecule has 0 radical (unpaired) electrons. The number of aliphatic hydroxyl groups is 1. The summed E-state index contributed by atoms with van der Waals surface area (Å²) in [5.74, 6) is -0.327. The number of rotatable bonds is 2. The highest BCUT2D eigenvalue weighted by Gasteiger charge is 2.12. The minimum atomic E-state index is -0.736. The van der Waals surface area contributed by atoms with Crippen molar-refractivity contribution in [3.63, 3.8) is 0 Å². The normalized spacial score (nSPS) is 12.5. The lowest BCUT2D eigenvalue weighted by molar-refractivity contribution is 0.220. The highest BCUT2D eigenvalue weighted by Crippen LogP contribution is 2.27. The molecule has 0 aliphatic heterocycles. The molecule has 0 saturated heterocycles. The van der Waals surface area contributed by atoms with Crippen molar-refractivity contribution in [2.45, 2.75) is 20.0 Å². The van der Waals surface area contributed by atoms with Crippen molar-refractivity contribution >= 4 is 15.9 Å². The molecule has 0 bridgehead atoms. The maximum absolute atomic E-state index is 13.2. The maximum atomic E-state index is 13.2. The first-order chi connectivity index (χ1) is 8.47. The molecule has 1 unspecified atom stereocenters. The van der Waals surface area contributed by atoms with Crippen LogP contribution < -0.4 is 0 Å². The van der Waals surface area contributed by atoms with Crippen LogP contribution in [0.4, 0.5) is 4.39 Å². The molecule has 0 aliphatic carbocycles. The molecule has 1 nitrogen and oxygen atoms in total. The first-order valence-electron chi connectivity index (χ1n) is 5.68. The summed E-state index contributed by atoms with van der Waals surface area (Å²) >= 11 is 3.13. The number of halogens is 2. The van der Waals surface area contributed by atoms with Crippen molar-refractivity contribution in [3.05, 3.63) is 68.9 Å². The molecule has 0 amide bonds. The van der Waals surface area contributed by atoms with Crippen LogP contribution in [0.5, 0.6) is 0 Å². The van der Waals surface area contributed by atoms with E-state index in [9.17, 15) is 9.50 Å². The lowest BCUT2D eigenvalue weighted by atomic mass is 9.98. The number of aliphatic hydroxyl groups excluding tert-OH is 1. The van der Waals surface area contributed by atoms with Crippen molar-refractivity contribution in [1.29, 1.82) is 0 Å². The lowest BCUT2D eigenvalue weighted by Crippen LogP contribution is -2.01. The first-order valence-corrected chi connectivity index (χ1v) is 6.48. The van der Waals surface area contributed by atoms with Gasteiger partial charge in [0.05, 0.1) is 4.47 Å². The Morgan fingerprint density at radius 2 is 1.61 bits per heavy atom. The average Bonchev–Trinajstić information content (AvgIpc) is 2.30. The maximum Gasteiger partial charge on any atom is 0.137 e. The van der Waals surface area contributed by atoms with Crippen molar-refractivity contribution in [2.24, 2.45) is 0 Å². The van der Waals surface area contributed by atoms with E-state index in [4.69, 9.17) is 0 Å². The van der Waals surface area contributed by atoms with Crippen LogP contribution in [0.2, 0.25) is 0 Å². The molecule has 0 aliphatic rings. The summed E-state index contributed by atoms with van der Waals surface area (Å²) < 4.78 is 13.5. The van der Waals surface area contributed by atoms with Gasteiger partial charge in [0, 0.05) is 0 Å². The molecule has 2 rings (SSSR count). The van der Waals surface area contributed by atoms with Crippen LogP contribution in [0.3, 0.4) is 0 Å². The van der Waals surface area contributed by atoms with Gasteiger partial charge in [0.15, 0.2) is 0 Å². The number of hydrogen-bond donors (Lipinski definition) is 1. The van der Waals surface area contributed by atoms with Crippen LogP contribution in [0.15, 0.2) is 40.9 Å². The van der Waals surface area contributed by atoms with E-state index in [0.717, 1.165) is 16.7 Å². The fourth-order valence-electron chi connectivity index (χ4n) is 2.04. The van der Waals surface area contributed by atoms with E-state index >= 15 is 0 Å². The van der Waals surface area contributed by atoms with E-state index < -0.39 is 6.10 Å². The number of aryl methyl sites for hydroxylation is 2. The molecular formula is C15H14BrFO. The van der Waals surface area contributed by atoms with Crippen molar-refractivity contribution in [3.8, 4) is 0 Å². The zero-order valence-electron chi connectivity index (χ0n) is 10.2. The lowest BCUT2D eigenvalue weighted by Gasteiger charge is -2.13. The van der Waals surface area contributed by atoms with Gasteiger partial charge in [-0.05, 0) is 53.0 Å². The van der Waals surface area contributed by atoms with Gasteiger partial charge >= 0.3 is 0 Å².